The highest BCUT2D eigenvalue weighted by Crippen LogP contribution is 2.40. The highest BCUT2D eigenvalue weighted by Gasteiger charge is 2.32. The van der Waals surface area contributed by atoms with Crippen LogP contribution in [0.3, 0.4) is 0 Å². The van der Waals surface area contributed by atoms with E-state index in [9.17, 15) is 22.0 Å². The van der Waals surface area contributed by atoms with Crippen LogP contribution in [0.2, 0.25) is 5.02 Å². The summed E-state index contributed by atoms with van der Waals surface area (Å²) in [6.07, 6.45) is 4.52. The van der Waals surface area contributed by atoms with Crippen LogP contribution in [0.5, 0.6) is 0 Å². The standard InChI is InChI=1S/C30H29ClF2N2O3S2/c1-34-21-9-11-22(12-10-21)35(30(36)29-27(31)26-24(32)13-14-25(33)28(26)39-29)17-18-5-3-6-19(15-18)20-7-4-8-23(16-20)40(2,37)38/h3-8,13-16,21-22,34H,9-12,17H2,1-2H3. The van der Waals surface area contributed by atoms with E-state index in [1.165, 1.54) is 6.26 Å². The van der Waals surface area contributed by atoms with Gasteiger partial charge in [0.05, 0.1) is 20.0 Å². The van der Waals surface area contributed by atoms with Gasteiger partial charge in [-0.25, -0.2) is 17.2 Å². The fourth-order valence-corrected chi connectivity index (χ4v) is 7.53. The van der Waals surface area contributed by atoms with Crippen LogP contribution < -0.4 is 5.32 Å². The molecule has 0 atom stereocenters. The van der Waals surface area contributed by atoms with Crippen LogP contribution in [0.15, 0.2) is 65.6 Å². The second kappa shape index (κ2) is 11.6. The van der Waals surface area contributed by atoms with Crippen molar-refractivity contribution in [2.45, 2.75) is 49.2 Å². The summed E-state index contributed by atoms with van der Waals surface area (Å²) in [5, 5.41) is 3.17. The van der Waals surface area contributed by atoms with Crippen molar-refractivity contribution in [3.05, 3.63) is 87.8 Å². The van der Waals surface area contributed by atoms with Crippen LogP contribution in [0, 0.1) is 11.6 Å². The van der Waals surface area contributed by atoms with E-state index >= 15 is 0 Å². The van der Waals surface area contributed by atoms with Gasteiger partial charge < -0.3 is 10.2 Å². The highest BCUT2D eigenvalue weighted by molar-refractivity contribution is 7.90. The van der Waals surface area contributed by atoms with Gasteiger partial charge >= 0.3 is 0 Å². The lowest BCUT2D eigenvalue weighted by Crippen LogP contribution is -2.44. The number of benzene rings is 3. The predicted octanol–water partition coefficient (Wildman–Crippen LogP) is 7.08. The molecule has 3 aromatic carbocycles. The molecule has 5 rings (SSSR count). The summed E-state index contributed by atoms with van der Waals surface area (Å²) in [6, 6.07) is 16.7. The van der Waals surface area contributed by atoms with E-state index in [1.54, 1.807) is 23.1 Å². The highest BCUT2D eigenvalue weighted by atomic mass is 35.5. The Hall–Kier alpha value is -2.85. The Balaban J connectivity index is 1.51. The first-order chi connectivity index (χ1) is 19.1. The summed E-state index contributed by atoms with van der Waals surface area (Å²) in [6.45, 7) is 0.267. The Kier molecular flexibility index (Phi) is 8.29. The zero-order chi connectivity index (χ0) is 28.6. The summed E-state index contributed by atoms with van der Waals surface area (Å²) in [5.41, 5.74) is 2.41. The summed E-state index contributed by atoms with van der Waals surface area (Å²) < 4.78 is 53.3. The minimum Gasteiger partial charge on any atom is -0.331 e. The minimum absolute atomic E-state index is 0.0277. The Morgan fingerprint density at radius 1 is 1.00 bits per heavy atom. The first-order valence-electron chi connectivity index (χ1n) is 13.0. The quantitative estimate of drug-likeness (QED) is 0.246. The average molecular weight is 603 g/mol. The third kappa shape index (κ3) is 5.79. The van der Waals surface area contributed by atoms with Gasteiger partial charge in [0, 0.05) is 24.9 Å². The molecule has 210 valence electrons. The van der Waals surface area contributed by atoms with Gasteiger partial charge in [-0.05, 0) is 79.8 Å². The van der Waals surface area contributed by atoms with Gasteiger partial charge in [0.1, 0.15) is 16.5 Å². The Bertz CT molecular complexity index is 1680. The topological polar surface area (TPSA) is 66.5 Å². The molecule has 1 N–H and O–H groups in total. The van der Waals surface area contributed by atoms with Crippen LogP contribution in [-0.4, -0.2) is 44.6 Å². The van der Waals surface area contributed by atoms with E-state index in [0.717, 1.165) is 65.8 Å². The molecule has 0 saturated heterocycles. The minimum atomic E-state index is -3.37. The maximum Gasteiger partial charge on any atom is 0.266 e. The van der Waals surface area contributed by atoms with Crippen molar-refractivity contribution in [2.75, 3.05) is 13.3 Å². The second-order valence-corrected chi connectivity index (χ2v) is 13.6. The molecule has 0 aliphatic heterocycles. The summed E-state index contributed by atoms with van der Waals surface area (Å²) >= 11 is 7.39. The number of sulfone groups is 1. The van der Waals surface area contributed by atoms with Crippen LogP contribution in [0.25, 0.3) is 21.2 Å². The van der Waals surface area contributed by atoms with Crippen molar-refractivity contribution in [3.63, 3.8) is 0 Å². The van der Waals surface area contributed by atoms with E-state index in [2.05, 4.69) is 5.32 Å². The molecule has 0 spiro atoms. The molecule has 1 aliphatic carbocycles. The molecule has 1 heterocycles. The Morgan fingerprint density at radius 2 is 1.65 bits per heavy atom. The number of hydrogen-bond donors (Lipinski definition) is 1. The van der Waals surface area contributed by atoms with Crippen molar-refractivity contribution in [1.82, 2.24) is 10.2 Å². The summed E-state index contributed by atoms with van der Waals surface area (Å²) in [4.78, 5) is 16.2. The maximum absolute atomic E-state index is 14.6. The lowest BCUT2D eigenvalue weighted by molar-refractivity contribution is 0.0606. The largest absolute Gasteiger partial charge is 0.331 e. The number of nitrogens with zero attached hydrogens (tertiary/aromatic N) is 1. The maximum atomic E-state index is 14.6. The number of nitrogens with one attached hydrogen (secondary N) is 1. The van der Waals surface area contributed by atoms with Gasteiger partial charge in [-0.1, -0.05) is 41.9 Å². The zero-order valence-electron chi connectivity index (χ0n) is 22.1. The molecular formula is C30H29ClF2N2O3S2. The molecule has 0 radical (unpaired) electrons. The van der Waals surface area contributed by atoms with Crippen LogP contribution >= 0.6 is 22.9 Å². The summed E-state index contributed by atoms with van der Waals surface area (Å²) in [7, 11) is -1.44. The lowest BCUT2D eigenvalue weighted by Gasteiger charge is -2.37. The molecule has 5 nitrogen and oxygen atoms in total. The van der Waals surface area contributed by atoms with Gasteiger partial charge in [0.2, 0.25) is 0 Å². The van der Waals surface area contributed by atoms with Gasteiger partial charge in [-0.2, -0.15) is 0 Å². The third-order valence-electron chi connectivity index (χ3n) is 7.56. The van der Waals surface area contributed by atoms with E-state index in [1.807, 2.05) is 37.4 Å². The van der Waals surface area contributed by atoms with Crippen molar-refractivity contribution >= 4 is 48.8 Å². The first kappa shape index (κ1) is 28.7. The number of carbonyl (C=O) groups excluding carboxylic acids is 1. The number of hydrogen-bond acceptors (Lipinski definition) is 5. The number of fused-ring (bicyclic) bond motifs is 1. The van der Waals surface area contributed by atoms with E-state index in [-0.39, 0.29) is 43.4 Å². The smallest absolute Gasteiger partial charge is 0.266 e. The molecule has 0 bridgehead atoms. The van der Waals surface area contributed by atoms with Crippen LogP contribution in [0.1, 0.15) is 40.9 Å². The van der Waals surface area contributed by atoms with E-state index in [0.29, 0.717) is 6.04 Å². The van der Waals surface area contributed by atoms with Crippen molar-refractivity contribution in [2.24, 2.45) is 0 Å². The fraction of sp³-hybridized carbons (Fsp3) is 0.300. The molecule has 0 unspecified atom stereocenters. The molecular weight excluding hydrogens is 574 g/mol. The van der Waals surface area contributed by atoms with Crippen molar-refractivity contribution < 1.29 is 22.0 Å². The van der Waals surface area contributed by atoms with Crippen molar-refractivity contribution in [3.8, 4) is 11.1 Å². The monoisotopic (exact) mass is 602 g/mol. The van der Waals surface area contributed by atoms with Crippen molar-refractivity contribution in [1.29, 1.82) is 0 Å². The molecule has 1 amide bonds. The van der Waals surface area contributed by atoms with Gasteiger partial charge in [-0.15, -0.1) is 11.3 Å². The van der Waals surface area contributed by atoms with Gasteiger partial charge in [-0.3, -0.25) is 4.79 Å². The van der Waals surface area contributed by atoms with Crippen LogP contribution in [-0.2, 0) is 16.4 Å². The summed E-state index contributed by atoms with van der Waals surface area (Å²) in [5.74, 6) is -1.64. The molecule has 1 aromatic heterocycles. The molecule has 4 aromatic rings. The second-order valence-electron chi connectivity index (χ2n) is 10.2. The fourth-order valence-electron chi connectivity index (χ4n) is 5.36. The predicted molar refractivity (Wildman–Crippen MR) is 157 cm³/mol. The molecule has 1 saturated carbocycles. The zero-order valence-corrected chi connectivity index (χ0v) is 24.5. The number of rotatable bonds is 7. The van der Waals surface area contributed by atoms with Gasteiger partial charge in [0.25, 0.3) is 5.91 Å². The Labute approximate surface area is 241 Å². The lowest BCUT2D eigenvalue weighted by atomic mass is 9.89. The molecule has 10 heteroatoms. The molecule has 1 fully saturated rings. The number of amides is 1. The number of thiophene rings is 1. The van der Waals surface area contributed by atoms with E-state index in [4.69, 9.17) is 11.6 Å². The number of halogens is 3. The normalized spacial score (nSPS) is 17.7. The molecule has 1 aliphatic rings. The van der Waals surface area contributed by atoms with E-state index < -0.39 is 21.5 Å². The third-order valence-corrected chi connectivity index (χ3v) is 10.3. The molecule has 40 heavy (non-hydrogen) atoms. The first-order valence-corrected chi connectivity index (χ1v) is 16.1. The Morgan fingerprint density at radius 3 is 2.30 bits per heavy atom. The SMILES string of the molecule is CNC1CCC(N(Cc2cccc(-c3cccc(S(C)(=O)=O)c3)c2)C(=O)c2sc3c(F)ccc(F)c3c2Cl)CC1. The average Bonchev–Trinajstić information content (AvgIpc) is 3.31. The number of carbonyl (C=O) groups is 1. The van der Waals surface area contributed by atoms with Gasteiger partial charge in [0.15, 0.2) is 9.84 Å². The van der Waals surface area contributed by atoms with Crippen LogP contribution in [0.4, 0.5) is 8.78 Å².